The van der Waals surface area contributed by atoms with Crippen LogP contribution < -0.4 is 4.90 Å². The Labute approximate surface area is 125 Å². The van der Waals surface area contributed by atoms with Gasteiger partial charge in [-0.25, -0.2) is 4.98 Å². The van der Waals surface area contributed by atoms with Crippen molar-refractivity contribution < 1.29 is 9.53 Å². The minimum absolute atomic E-state index is 0.150. The number of anilines is 1. The normalized spacial score (nSPS) is 23.2. The number of amides is 1. The van der Waals surface area contributed by atoms with E-state index in [1.807, 2.05) is 4.90 Å². The first-order valence-corrected chi connectivity index (χ1v) is 7.65. The fourth-order valence-electron chi connectivity index (χ4n) is 3.13. The Morgan fingerprint density at radius 3 is 2.76 bits per heavy atom. The van der Waals surface area contributed by atoms with Gasteiger partial charge in [0.25, 0.3) is 0 Å². The molecule has 114 valence electrons. The molecule has 2 aliphatic heterocycles. The van der Waals surface area contributed by atoms with Crippen LogP contribution in [0.25, 0.3) is 0 Å². The predicted octanol–water partition coefficient (Wildman–Crippen LogP) is 1.04. The molecule has 0 radical (unpaired) electrons. The Hall–Kier alpha value is -1.69. The van der Waals surface area contributed by atoms with Crippen LogP contribution in [0.1, 0.15) is 31.4 Å². The first kappa shape index (κ1) is 14.3. The third kappa shape index (κ3) is 3.15. The van der Waals surface area contributed by atoms with E-state index in [1.165, 1.54) is 0 Å². The average Bonchev–Trinajstić information content (AvgIpc) is 2.56. The second-order valence-corrected chi connectivity index (χ2v) is 5.67. The van der Waals surface area contributed by atoms with E-state index in [0.29, 0.717) is 0 Å². The Balaban J connectivity index is 1.82. The molecule has 0 spiro atoms. The molecule has 1 aromatic rings. The van der Waals surface area contributed by atoms with Crippen LogP contribution in [0.15, 0.2) is 12.4 Å². The maximum Gasteiger partial charge on any atom is 0.219 e. The van der Waals surface area contributed by atoms with Crippen molar-refractivity contribution in [2.75, 3.05) is 44.3 Å². The van der Waals surface area contributed by atoms with Crippen LogP contribution in [-0.4, -0.2) is 60.2 Å². The number of carbonyl (C=O) groups is 1. The van der Waals surface area contributed by atoms with Crippen LogP contribution >= 0.6 is 0 Å². The maximum absolute atomic E-state index is 11.6. The fraction of sp³-hybridized carbons (Fsp3) is 0.667. The van der Waals surface area contributed by atoms with Gasteiger partial charge in [0.15, 0.2) is 5.82 Å². The maximum atomic E-state index is 11.6. The SMILES string of the molecule is CC(=O)N1CCC[C@@H](c2nccnc2N2CCOCC2)C1. The second-order valence-electron chi connectivity index (χ2n) is 5.67. The number of likely N-dealkylation sites (tertiary alicyclic amines) is 1. The highest BCUT2D eigenvalue weighted by molar-refractivity contribution is 5.73. The number of rotatable bonds is 2. The lowest BCUT2D eigenvalue weighted by molar-refractivity contribution is -0.130. The lowest BCUT2D eigenvalue weighted by Gasteiger charge is -2.34. The smallest absolute Gasteiger partial charge is 0.219 e. The number of aromatic nitrogens is 2. The Kier molecular flexibility index (Phi) is 4.34. The lowest BCUT2D eigenvalue weighted by Crippen LogP contribution is -2.40. The van der Waals surface area contributed by atoms with Crippen LogP contribution in [0.5, 0.6) is 0 Å². The van der Waals surface area contributed by atoms with E-state index >= 15 is 0 Å². The van der Waals surface area contributed by atoms with Crippen LogP contribution in [0.2, 0.25) is 0 Å². The molecule has 0 aromatic carbocycles. The summed E-state index contributed by atoms with van der Waals surface area (Å²) in [5, 5.41) is 0. The Bertz CT molecular complexity index is 502. The van der Waals surface area contributed by atoms with E-state index in [1.54, 1.807) is 19.3 Å². The predicted molar refractivity (Wildman–Crippen MR) is 79.3 cm³/mol. The summed E-state index contributed by atoms with van der Waals surface area (Å²) in [4.78, 5) is 24.9. The molecule has 2 fully saturated rings. The van der Waals surface area contributed by atoms with E-state index in [0.717, 1.165) is 63.7 Å². The van der Waals surface area contributed by atoms with E-state index in [-0.39, 0.29) is 11.8 Å². The average molecular weight is 290 g/mol. The number of hydrogen-bond donors (Lipinski definition) is 0. The molecule has 6 heteroatoms. The number of ether oxygens (including phenoxy) is 1. The van der Waals surface area contributed by atoms with Gasteiger partial charge in [-0.05, 0) is 12.8 Å². The molecular weight excluding hydrogens is 268 g/mol. The topological polar surface area (TPSA) is 58.6 Å². The summed E-state index contributed by atoms with van der Waals surface area (Å²) >= 11 is 0. The van der Waals surface area contributed by atoms with Crippen LogP contribution in [0.3, 0.4) is 0 Å². The van der Waals surface area contributed by atoms with Crippen molar-refractivity contribution in [2.24, 2.45) is 0 Å². The molecular formula is C15H22N4O2. The van der Waals surface area contributed by atoms with Crippen LogP contribution in [0.4, 0.5) is 5.82 Å². The molecule has 1 aromatic heterocycles. The van der Waals surface area contributed by atoms with Crippen molar-refractivity contribution >= 4 is 11.7 Å². The number of carbonyl (C=O) groups excluding carboxylic acids is 1. The zero-order valence-corrected chi connectivity index (χ0v) is 12.5. The molecule has 1 atom stereocenters. The monoisotopic (exact) mass is 290 g/mol. The Morgan fingerprint density at radius 1 is 1.24 bits per heavy atom. The van der Waals surface area contributed by atoms with Gasteiger partial charge >= 0.3 is 0 Å². The summed E-state index contributed by atoms with van der Waals surface area (Å²) in [7, 11) is 0. The summed E-state index contributed by atoms with van der Waals surface area (Å²) in [6, 6.07) is 0. The van der Waals surface area contributed by atoms with Crippen molar-refractivity contribution in [3.05, 3.63) is 18.1 Å². The number of hydrogen-bond acceptors (Lipinski definition) is 5. The van der Waals surface area contributed by atoms with E-state index in [4.69, 9.17) is 4.74 Å². The number of nitrogens with zero attached hydrogens (tertiary/aromatic N) is 4. The van der Waals surface area contributed by atoms with E-state index in [9.17, 15) is 4.79 Å². The van der Waals surface area contributed by atoms with Gasteiger partial charge < -0.3 is 14.5 Å². The van der Waals surface area contributed by atoms with Gasteiger partial charge in [-0.15, -0.1) is 0 Å². The van der Waals surface area contributed by atoms with Crippen molar-refractivity contribution in [1.82, 2.24) is 14.9 Å². The number of morpholine rings is 1. The van der Waals surface area contributed by atoms with Gasteiger partial charge in [0.2, 0.25) is 5.91 Å². The summed E-state index contributed by atoms with van der Waals surface area (Å²) in [6.45, 7) is 6.44. The molecule has 1 amide bonds. The van der Waals surface area contributed by atoms with Crippen molar-refractivity contribution in [3.63, 3.8) is 0 Å². The van der Waals surface area contributed by atoms with E-state index in [2.05, 4.69) is 14.9 Å². The minimum atomic E-state index is 0.150. The summed E-state index contributed by atoms with van der Waals surface area (Å²) in [6.07, 6.45) is 5.61. The molecule has 0 aliphatic carbocycles. The van der Waals surface area contributed by atoms with Crippen molar-refractivity contribution in [2.45, 2.75) is 25.7 Å². The third-order valence-electron chi connectivity index (χ3n) is 4.27. The molecule has 3 heterocycles. The minimum Gasteiger partial charge on any atom is -0.378 e. The second kappa shape index (κ2) is 6.39. The molecule has 6 nitrogen and oxygen atoms in total. The third-order valence-corrected chi connectivity index (χ3v) is 4.27. The highest BCUT2D eigenvalue weighted by Gasteiger charge is 2.28. The highest BCUT2D eigenvalue weighted by Crippen LogP contribution is 2.31. The van der Waals surface area contributed by atoms with Gasteiger partial charge in [-0.2, -0.15) is 0 Å². The fourth-order valence-corrected chi connectivity index (χ4v) is 3.13. The first-order chi connectivity index (χ1) is 10.3. The molecule has 3 rings (SSSR count). The number of piperidine rings is 1. The van der Waals surface area contributed by atoms with Crippen LogP contribution in [-0.2, 0) is 9.53 Å². The van der Waals surface area contributed by atoms with Crippen molar-refractivity contribution in [1.29, 1.82) is 0 Å². The Morgan fingerprint density at radius 2 is 2.00 bits per heavy atom. The molecule has 2 aliphatic rings. The zero-order valence-electron chi connectivity index (χ0n) is 12.5. The van der Waals surface area contributed by atoms with Crippen LogP contribution in [0, 0.1) is 0 Å². The molecule has 0 unspecified atom stereocenters. The van der Waals surface area contributed by atoms with Gasteiger partial charge in [-0.1, -0.05) is 0 Å². The van der Waals surface area contributed by atoms with Gasteiger partial charge in [0.05, 0.1) is 18.9 Å². The molecule has 0 bridgehead atoms. The van der Waals surface area contributed by atoms with Gasteiger partial charge in [0.1, 0.15) is 0 Å². The lowest BCUT2D eigenvalue weighted by atomic mass is 9.94. The summed E-state index contributed by atoms with van der Waals surface area (Å²) in [5.74, 6) is 1.40. The highest BCUT2D eigenvalue weighted by atomic mass is 16.5. The quantitative estimate of drug-likeness (QED) is 0.814. The standard InChI is InChI=1S/C15H22N4O2/c1-12(20)19-6-2-3-13(11-19)14-15(17-5-4-16-14)18-7-9-21-10-8-18/h4-5,13H,2-3,6-11H2,1H3/t13-/m1/s1. The van der Waals surface area contributed by atoms with Gasteiger partial charge in [-0.3, -0.25) is 9.78 Å². The summed E-state index contributed by atoms with van der Waals surface area (Å²) in [5.41, 5.74) is 1.03. The molecule has 0 saturated carbocycles. The van der Waals surface area contributed by atoms with E-state index < -0.39 is 0 Å². The summed E-state index contributed by atoms with van der Waals surface area (Å²) < 4.78 is 5.41. The zero-order chi connectivity index (χ0) is 14.7. The first-order valence-electron chi connectivity index (χ1n) is 7.65. The molecule has 2 saturated heterocycles. The molecule has 0 N–H and O–H groups in total. The van der Waals surface area contributed by atoms with Crippen molar-refractivity contribution in [3.8, 4) is 0 Å². The van der Waals surface area contributed by atoms with Gasteiger partial charge in [0, 0.05) is 51.4 Å². The largest absolute Gasteiger partial charge is 0.378 e. The molecule has 21 heavy (non-hydrogen) atoms.